The van der Waals surface area contributed by atoms with Crippen molar-refractivity contribution in [3.05, 3.63) is 23.7 Å². The summed E-state index contributed by atoms with van der Waals surface area (Å²) < 4.78 is 6.05. The van der Waals surface area contributed by atoms with Crippen LogP contribution >= 0.6 is 23.5 Å². The van der Waals surface area contributed by atoms with E-state index in [0.717, 1.165) is 17.3 Å². The standard InChI is InChI=1S/C12H16O3S2/c1-2-8(11(13)14)9-4-5-10(15-9)12-16-6-3-7-17-12/h4-5,8,12H,2-3,6-7H2,1H3,(H,13,14). The van der Waals surface area contributed by atoms with Crippen molar-refractivity contribution in [1.82, 2.24) is 0 Å². The molecule has 17 heavy (non-hydrogen) atoms. The van der Waals surface area contributed by atoms with E-state index < -0.39 is 11.9 Å². The molecule has 0 aliphatic carbocycles. The maximum absolute atomic E-state index is 11.0. The van der Waals surface area contributed by atoms with Gasteiger partial charge in [0.2, 0.25) is 0 Å². The van der Waals surface area contributed by atoms with Crippen molar-refractivity contribution in [2.24, 2.45) is 0 Å². The van der Waals surface area contributed by atoms with Crippen LogP contribution in [-0.2, 0) is 4.79 Å². The second-order valence-electron chi connectivity index (χ2n) is 3.97. The first-order valence-electron chi connectivity index (χ1n) is 5.78. The lowest BCUT2D eigenvalue weighted by molar-refractivity contribution is -0.139. The van der Waals surface area contributed by atoms with E-state index in [1.807, 2.05) is 42.6 Å². The van der Waals surface area contributed by atoms with Gasteiger partial charge in [-0.25, -0.2) is 0 Å². The van der Waals surface area contributed by atoms with E-state index in [-0.39, 0.29) is 0 Å². The van der Waals surface area contributed by atoms with Crippen LogP contribution in [0.5, 0.6) is 0 Å². The molecule has 1 aromatic rings. The molecular formula is C12H16O3S2. The van der Waals surface area contributed by atoms with Gasteiger partial charge in [-0.05, 0) is 36.5 Å². The molecule has 1 unspecified atom stereocenters. The Kier molecular flexibility index (Phi) is 4.45. The third-order valence-corrected chi connectivity index (χ3v) is 5.69. The van der Waals surface area contributed by atoms with Gasteiger partial charge in [0.05, 0.1) is 0 Å². The van der Waals surface area contributed by atoms with Gasteiger partial charge in [0.25, 0.3) is 0 Å². The molecule has 5 heteroatoms. The number of rotatable bonds is 4. The first kappa shape index (κ1) is 12.9. The fraction of sp³-hybridized carbons (Fsp3) is 0.583. The maximum Gasteiger partial charge on any atom is 0.314 e. The van der Waals surface area contributed by atoms with Crippen molar-refractivity contribution < 1.29 is 14.3 Å². The maximum atomic E-state index is 11.0. The van der Waals surface area contributed by atoms with Crippen LogP contribution in [-0.4, -0.2) is 22.6 Å². The lowest BCUT2D eigenvalue weighted by atomic mass is 10.0. The summed E-state index contributed by atoms with van der Waals surface area (Å²) in [4.78, 5) is 11.0. The van der Waals surface area contributed by atoms with Crippen LogP contribution in [0.4, 0.5) is 0 Å². The number of carboxylic acids is 1. The molecule has 0 spiro atoms. The molecule has 1 aliphatic rings. The Balaban J connectivity index is 2.11. The van der Waals surface area contributed by atoms with Crippen molar-refractivity contribution in [1.29, 1.82) is 0 Å². The molecule has 1 fully saturated rings. The molecule has 0 saturated carbocycles. The van der Waals surface area contributed by atoms with E-state index in [4.69, 9.17) is 9.52 Å². The zero-order valence-corrected chi connectivity index (χ0v) is 11.4. The molecule has 1 N–H and O–H groups in total. The fourth-order valence-electron chi connectivity index (χ4n) is 1.83. The Morgan fingerprint density at radius 2 is 2.24 bits per heavy atom. The number of hydrogen-bond acceptors (Lipinski definition) is 4. The molecule has 1 aliphatic heterocycles. The van der Waals surface area contributed by atoms with Crippen molar-refractivity contribution in [3.63, 3.8) is 0 Å². The van der Waals surface area contributed by atoms with Crippen molar-refractivity contribution in [3.8, 4) is 0 Å². The highest BCUT2D eigenvalue weighted by atomic mass is 32.2. The van der Waals surface area contributed by atoms with Crippen LogP contribution in [0.3, 0.4) is 0 Å². The fourth-order valence-corrected chi connectivity index (χ4v) is 4.61. The minimum atomic E-state index is -0.808. The molecule has 3 nitrogen and oxygen atoms in total. The van der Waals surface area contributed by atoms with Gasteiger partial charge in [-0.3, -0.25) is 4.79 Å². The lowest BCUT2D eigenvalue weighted by Crippen LogP contribution is -2.09. The first-order chi connectivity index (χ1) is 8.22. The topological polar surface area (TPSA) is 50.4 Å². The number of carboxylic acid groups (broad SMARTS) is 1. The van der Waals surface area contributed by atoms with Crippen LogP contribution in [0.25, 0.3) is 0 Å². The average molecular weight is 272 g/mol. The van der Waals surface area contributed by atoms with Crippen LogP contribution in [0, 0.1) is 0 Å². The summed E-state index contributed by atoms with van der Waals surface area (Å²) >= 11 is 3.76. The van der Waals surface area contributed by atoms with Crippen molar-refractivity contribution in [2.75, 3.05) is 11.5 Å². The summed E-state index contributed by atoms with van der Waals surface area (Å²) in [6, 6.07) is 3.74. The molecule has 0 aromatic carbocycles. The predicted octanol–water partition coefficient (Wildman–Crippen LogP) is 3.73. The van der Waals surface area contributed by atoms with Crippen molar-refractivity contribution >= 4 is 29.5 Å². The largest absolute Gasteiger partial charge is 0.481 e. The molecule has 1 atom stereocenters. The van der Waals surface area contributed by atoms with Gasteiger partial charge >= 0.3 is 5.97 Å². The predicted molar refractivity (Wildman–Crippen MR) is 71.6 cm³/mol. The Morgan fingerprint density at radius 1 is 1.53 bits per heavy atom. The first-order valence-corrected chi connectivity index (χ1v) is 7.87. The van der Waals surface area contributed by atoms with Crippen LogP contribution in [0.2, 0.25) is 0 Å². The number of thioether (sulfide) groups is 2. The van der Waals surface area contributed by atoms with E-state index >= 15 is 0 Å². The summed E-state index contributed by atoms with van der Waals surface area (Å²) in [5, 5.41) is 9.08. The summed E-state index contributed by atoms with van der Waals surface area (Å²) in [7, 11) is 0. The van der Waals surface area contributed by atoms with Crippen LogP contribution in [0.1, 0.15) is 41.8 Å². The SMILES string of the molecule is CCC(C(=O)O)c1ccc(C2SCCCS2)o1. The zero-order chi connectivity index (χ0) is 12.3. The average Bonchev–Trinajstić information content (AvgIpc) is 2.80. The molecule has 1 saturated heterocycles. The third kappa shape index (κ3) is 3.01. The second kappa shape index (κ2) is 5.87. The van der Waals surface area contributed by atoms with E-state index in [1.165, 1.54) is 6.42 Å². The highest BCUT2D eigenvalue weighted by molar-refractivity contribution is 8.16. The number of hydrogen-bond donors (Lipinski definition) is 1. The van der Waals surface area contributed by atoms with Gasteiger partial charge in [0.15, 0.2) is 0 Å². The van der Waals surface area contributed by atoms with Gasteiger partial charge in [-0.15, -0.1) is 23.5 Å². The van der Waals surface area contributed by atoms with Gasteiger partial charge in [-0.1, -0.05) is 6.92 Å². The smallest absolute Gasteiger partial charge is 0.314 e. The minimum absolute atomic E-state index is 0.337. The molecule has 2 rings (SSSR count). The quantitative estimate of drug-likeness (QED) is 0.905. The van der Waals surface area contributed by atoms with Gasteiger partial charge in [0, 0.05) is 0 Å². The molecular weight excluding hydrogens is 256 g/mol. The minimum Gasteiger partial charge on any atom is -0.481 e. The Hall–Kier alpha value is -0.550. The molecule has 0 bridgehead atoms. The third-order valence-electron chi connectivity index (χ3n) is 2.76. The van der Waals surface area contributed by atoms with E-state index in [9.17, 15) is 4.79 Å². The van der Waals surface area contributed by atoms with Crippen LogP contribution < -0.4 is 0 Å². The second-order valence-corrected chi connectivity index (χ2v) is 6.69. The van der Waals surface area contributed by atoms with E-state index in [2.05, 4.69) is 0 Å². The van der Waals surface area contributed by atoms with Crippen LogP contribution in [0.15, 0.2) is 16.5 Å². The number of aliphatic carboxylic acids is 1. The zero-order valence-electron chi connectivity index (χ0n) is 9.72. The Labute approximate surface area is 109 Å². The summed E-state index contributed by atoms with van der Waals surface area (Å²) in [5.41, 5.74) is 0. The van der Waals surface area contributed by atoms with Crippen molar-refractivity contribution in [2.45, 2.75) is 30.3 Å². The summed E-state index contributed by atoms with van der Waals surface area (Å²) in [6.45, 7) is 1.87. The Morgan fingerprint density at radius 3 is 2.82 bits per heavy atom. The van der Waals surface area contributed by atoms with Gasteiger partial charge in [-0.2, -0.15) is 0 Å². The molecule has 94 valence electrons. The lowest BCUT2D eigenvalue weighted by Gasteiger charge is -2.18. The molecule has 0 amide bonds. The van der Waals surface area contributed by atoms with Gasteiger partial charge in [0.1, 0.15) is 22.0 Å². The molecule has 2 heterocycles. The highest BCUT2D eigenvalue weighted by Crippen LogP contribution is 2.44. The van der Waals surface area contributed by atoms with E-state index in [0.29, 0.717) is 16.8 Å². The molecule has 0 radical (unpaired) electrons. The summed E-state index contributed by atoms with van der Waals surface area (Å²) in [5.74, 6) is 2.49. The van der Waals surface area contributed by atoms with E-state index in [1.54, 1.807) is 0 Å². The highest BCUT2D eigenvalue weighted by Gasteiger charge is 2.25. The number of carbonyl (C=O) groups is 1. The normalized spacial score (nSPS) is 19.1. The molecule has 1 aromatic heterocycles. The summed E-state index contributed by atoms with van der Waals surface area (Å²) in [6.07, 6.45) is 1.80. The number of furan rings is 1. The monoisotopic (exact) mass is 272 g/mol. The van der Waals surface area contributed by atoms with Gasteiger partial charge < -0.3 is 9.52 Å². The Bertz CT molecular complexity index is 383.